The molecule has 7 heterocycles. The van der Waals surface area contributed by atoms with E-state index in [0.29, 0.717) is 51.6 Å². The van der Waals surface area contributed by atoms with Crippen LogP contribution in [-0.2, 0) is 19.0 Å². The van der Waals surface area contributed by atoms with Gasteiger partial charge in [-0.3, -0.25) is 0 Å². The van der Waals surface area contributed by atoms with E-state index in [9.17, 15) is 23.5 Å². The summed E-state index contributed by atoms with van der Waals surface area (Å²) in [5, 5.41) is 10.2. The lowest BCUT2D eigenvalue weighted by Crippen LogP contribution is -2.68. The van der Waals surface area contributed by atoms with Crippen molar-refractivity contribution in [3.63, 3.8) is 0 Å². The molecule has 1 spiro atoms. The van der Waals surface area contributed by atoms with Crippen LogP contribution in [0.15, 0.2) is 41.2 Å². The molecule has 0 saturated carbocycles. The van der Waals surface area contributed by atoms with E-state index in [1.54, 1.807) is 17.2 Å². The number of morpholine rings is 1. The third-order valence-electron chi connectivity index (χ3n) is 9.46. The third-order valence-corrected chi connectivity index (χ3v) is 9.46. The van der Waals surface area contributed by atoms with Crippen LogP contribution in [0.2, 0.25) is 0 Å². The molecule has 0 unspecified atom stereocenters. The highest BCUT2D eigenvalue weighted by atomic mass is 19.3. The normalized spacial score (nSPS) is 23.4. The Morgan fingerprint density at radius 3 is 2.65 bits per heavy atom. The molecule has 0 aliphatic carbocycles. The highest BCUT2D eigenvalue weighted by Gasteiger charge is 2.50. The van der Waals surface area contributed by atoms with Crippen molar-refractivity contribution < 1.29 is 46.8 Å². The number of carbonyl (C=O) groups is 2. The molecule has 3 aromatic heterocycles. The predicted molar refractivity (Wildman–Crippen MR) is 167 cm³/mol. The second kappa shape index (κ2) is 13.2. The molecule has 0 bridgehead atoms. The third kappa shape index (κ3) is 6.23. The Labute approximate surface area is 279 Å². The summed E-state index contributed by atoms with van der Waals surface area (Å²) < 4.78 is 56.1. The minimum absolute atomic E-state index is 0.00887. The lowest BCUT2D eigenvalue weighted by Gasteiger charge is -2.53. The number of anilines is 2. The van der Waals surface area contributed by atoms with E-state index < -0.39 is 42.1 Å². The first kappa shape index (κ1) is 32.6. The maximum Gasteiger partial charge on any atom is 0.409 e. The number of hydrogen-bond acceptors (Lipinski definition) is 13. The summed E-state index contributed by atoms with van der Waals surface area (Å²) in [7, 11) is 1.35. The van der Waals surface area contributed by atoms with Crippen molar-refractivity contribution in [2.45, 2.75) is 50.0 Å². The summed E-state index contributed by atoms with van der Waals surface area (Å²) in [6, 6.07) is 3.80. The summed E-state index contributed by atoms with van der Waals surface area (Å²) in [6.45, 7) is 4.82. The van der Waals surface area contributed by atoms with E-state index in [2.05, 4.69) is 26.8 Å². The number of aromatic nitrogens is 4. The van der Waals surface area contributed by atoms with E-state index in [-0.39, 0.29) is 42.4 Å². The second-order valence-corrected chi connectivity index (χ2v) is 12.3. The lowest BCUT2D eigenvalue weighted by molar-refractivity contribution is -0.228. The predicted octanol–water partition coefficient (Wildman–Crippen LogP) is 3.42. The molecule has 17 heteroatoms. The van der Waals surface area contributed by atoms with Gasteiger partial charge in [0.05, 0.1) is 45.8 Å². The Kier molecular flexibility index (Phi) is 8.79. The maximum absolute atomic E-state index is 13.9. The van der Waals surface area contributed by atoms with Crippen molar-refractivity contribution in [1.82, 2.24) is 24.8 Å². The van der Waals surface area contributed by atoms with Gasteiger partial charge in [-0.1, -0.05) is 6.08 Å². The van der Waals surface area contributed by atoms with Crippen molar-refractivity contribution in [1.29, 1.82) is 0 Å². The molecule has 7 rings (SSSR count). The Balaban J connectivity index is 1.20. The maximum atomic E-state index is 13.9. The van der Waals surface area contributed by atoms with Crippen molar-refractivity contribution >= 4 is 29.3 Å². The van der Waals surface area contributed by atoms with Gasteiger partial charge in [0.15, 0.2) is 5.76 Å². The van der Waals surface area contributed by atoms with E-state index in [4.69, 9.17) is 28.3 Å². The molecule has 260 valence electrons. The molecule has 3 aromatic rings. The number of carboxylic acids is 1. The zero-order chi connectivity index (χ0) is 34.3. The summed E-state index contributed by atoms with van der Waals surface area (Å²) in [5.74, 6) is -1.92. The minimum atomic E-state index is -3.03. The average Bonchev–Trinajstić information content (AvgIpc) is 3.79. The molecule has 3 fully saturated rings. The van der Waals surface area contributed by atoms with Crippen LogP contribution in [-0.4, -0.2) is 119 Å². The topological polar surface area (TPSA) is 166 Å². The van der Waals surface area contributed by atoms with Crippen molar-refractivity contribution in [2.75, 3.05) is 62.9 Å². The monoisotopic (exact) mass is 683 g/mol. The lowest BCUT2D eigenvalue weighted by atomic mass is 9.89. The molecule has 3 atom stereocenters. The number of amides is 1. The Hall–Kier alpha value is -4.90. The van der Waals surface area contributed by atoms with Crippen LogP contribution in [0, 0.1) is 0 Å². The van der Waals surface area contributed by atoms with Gasteiger partial charge in [0.1, 0.15) is 23.4 Å². The number of methoxy groups -OCH3 is 1. The van der Waals surface area contributed by atoms with Crippen LogP contribution >= 0.6 is 0 Å². The standard InChI is InChI=1S/C32H35F2N7O8/c1-18-32(16-46-17-32)48-11-9-40(18)22-12-20(19-5-7-39(8-6-19)31(44)45-2)14-35-28(22)49-21-13-23(29(42)43)41(15-21)30-37-26(24-4-3-10-47-24)36-27(38-30)25(33)34/h3-5,10,12,14,18,21,23,25H,6-9,11,13,15-17H2,1-2H3,(H,42,43)/t18-,21-,23-/m0/s1. The molecule has 0 aromatic carbocycles. The summed E-state index contributed by atoms with van der Waals surface area (Å²) >= 11 is 0. The number of ether oxygens (including phenoxy) is 4. The molecule has 49 heavy (non-hydrogen) atoms. The number of furan rings is 1. The number of halogens is 2. The molecule has 1 amide bonds. The molecule has 0 radical (unpaired) electrons. The number of hydrogen-bond donors (Lipinski definition) is 1. The molecule has 4 aliphatic rings. The fraction of sp³-hybridized carbons (Fsp3) is 0.500. The number of carboxylic acid groups (broad SMARTS) is 1. The average molecular weight is 684 g/mol. The molecular formula is C32H35F2N7O8. The first-order valence-corrected chi connectivity index (χ1v) is 15.9. The van der Waals surface area contributed by atoms with Crippen LogP contribution in [0.1, 0.15) is 37.6 Å². The first-order chi connectivity index (χ1) is 23.7. The van der Waals surface area contributed by atoms with Gasteiger partial charge in [0.25, 0.3) is 6.43 Å². The smallest absolute Gasteiger partial charge is 0.409 e. The van der Waals surface area contributed by atoms with E-state index in [0.717, 1.165) is 11.1 Å². The van der Waals surface area contributed by atoms with Crippen molar-refractivity contribution in [3.8, 4) is 17.5 Å². The molecular weight excluding hydrogens is 648 g/mol. The van der Waals surface area contributed by atoms with Gasteiger partial charge in [-0.15, -0.1) is 0 Å². The van der Waals surface area contributed by atoms with Gasteiger partial charge in [-0.2, -0.15) is 9.97 Å². The van der Waals surface area contributed by atoms with Gasteiger partial charge in [-0.25, -0.2) is 28.3 Å². The number of nitrogens with zero attached hydrogens (tertiary/aromatic N) is 7. The number of alkyl halides is 2. The van der Waals surface area contributed by atoms with Gasteiger partial charge < -0.3 is 43.2 Å². The largest absolute Gasteiger partial charge is 0.480 e. The van der Waals surface area contributed by atoms with Crippen LogP contribution in [0.25, 0.3) is 17.2 Å². The first-order valence-electron chi connectivity index (χ1n) is 15.9. The Morgan fingerprint density at radius 1 is 1.16 bits per heavy atom. The fourth-order valence-electron chi connectivity index (χ4n) is 6.66. The molecule has 1 N–H and O–H groups in total. The van der Waals surface area contributed by atoms with Crippen molar-refractivity contribution in [3.05, 3.63) is 48.1 Å². The van der Waals surface area contributed by atoms with Gasteiger partial charge in [-0.05, 0) is 42.7 Å². The summed E-state index contributed by atoms with van der Waals surface area (Å²) in [4.78, 5) is 46.4. The molecule has 15 nitrogen and oxygen atoms in total. The Morgan fingerprint density at radius 2 is 2.00 bits per heavy atom. The summed E-state index contributed by atoms with van der Waals surface area (Å²) in [6.07, 6.45) is 1.50. The highest BCUT2D eigenvalue weighted by molar-refractivity contribution is 5.78. The quantitative estimate of drug-likeness (QED) is 0.367. The van der Waals surface area contributed by atoms with E-state index >= 15 is 0 Å². The van der Waals surface area contributed by atoms with Crippen LogP contribution in [0.4, 0.5) is 25.2 Å². The molecule has 4 aliphatic heterocycles. The van der Waals surface area contributed by atoms with Crippen LogP contribution in [0.5, 0.6) is 5.88 Å². The fourth-order valence-corrected chi connectivity index (χ4v) is 6.66. The molecule has 3 saturated heterocycles. The number of rotatable bonds is 8. The summed E-state index contributed by atoms with van der Waals surface area (Å²) in [5.41, 5.74) is 2.08. The minimum Gasteiger partial charge on any atom is -0.480 e. The van der Waals surface area contributed by atoms with Crippen LogP contribution < -0.4 is 14.5 Å². The van der Waals surface area contributed by atoms with E-state index in [1.165, 1.54) is 24.3 Å². The number of pyridine rings is 1. The van der Waals surface area contributed by atoms with Gasteiger partial charge in [0, 0.05) is 32.3 Å². The number of carbonyl (C=O) groups excluding carboxylic acids is 1. The van der Waals surface area contributed by atoms with Crippen LogP contribution in [0.3, 0.4) is 0 Å². The second-order valence-electron chi connectivity index (χ2n) is 12.3. The van der Waals surface area contributed by atoms with Gasteiger partial charge >= 0.3 is 12.1 Å². The SMILES string of the molecule is COC(=O)N1CC=C(c2cnc(O[C@H]3C[C@@H](C(=O)O)N(c4nc(-c5ccco5)nc(C(F)F)n4)C3)c(N3CCOC4(COC4)[C@@H]3C)c2)CC1. The van der Waals surface area contributed by atoms with Crippen molar-refractivity contribution in [2.24, 2.45) is 0 Å². The van der Waals surface area contributed by atoms with E-state index in [1.807, 2.05) is 12.1 Å². The highest BCUT2D eigenvalue weighted by Crippen LogP contribution is 2.40. The Bertz CT molecular complexity index is 1740. The number of aliphatic carboxylic acids is 1. The zero-order valence-corrected chi connectivity index (χ0v) is 26.8. The zero-order valence-electron chi connectivity index (χ0n) is 26.8. The van der Waals surface area contributed by atoms with Gasteiger partial charge in [0.2, 0.25) is 23.5 Å².